The number of esters is 1. The Balaban J connectivity index is 3.03. The van der Waals surface area contributed by atoms with Gasteiger partial charge in [0.1, 0.15) is 0 Å². The number of amides is 2. The summed E-state index contributed by atoms with van der Waals surface area (Å²) in [5, 5.41) is 0. The van der Waals surface area contributed by atoms with Crippen LogP contribution in [-0.2, 0) is 19.1 Å². The smallest absolute Gasteiger partial charge is 0.311 e. The maximum Gasteiger partial charge on any atom is 0.311 e. The Kier molecular flexibility index (Phi) is 6.34. The van der Waals surface area contributed by atoms with E-state index in [1.807, 2.05) is 0 Å². The number of carbonyl (C=O) groups excluding carboxylic acids is 3. The van der Waals surface area contributed by atoms with Gasteiger partial charge in [-0.2, -0.15) is 0 Å². The average Bonchev–Trinajstić information content (AvgIpc) is 2.45. The molecule has 0 aromatic rings. The van der Waals surface area contributed by atoms with Gasteiger partial charge in [0.15, 0.2) is 0 Å². The normalized spacial score (nSPS) is 14.4. The lowest BCUT2D eigenvalue weighted by Gasteiger charge is -2.30. The zero-order chi connectivity index (χ0) is 16.9. The number of hydrogen-bond acceptors (Lipinski definition) is 4. The minimum atomic E-state index is -0.428. The molecule has 1 heterocycles. The molecule has 1 aliphatic rings. The molecule has 6 nitrogen and oxygen atoms in total. The summed E-state index contributed by atoms with van der Waals surface area (Å²) in [5.74, 6) is -1.07. The summed E-state index contributed by atoms with van der Waals surface area (Å²) in [5.41, 5.74) is 0.439. The van der Waals surface area contributed by atoms with Gasteiger partial charge in [0, 0.05) is 30.4 Å². The molecule has 0 spiro atoms. The SMILES string of the molecule is CCOC(=O)CC1=CN(C(=O)C(C)C)C=CN1C(=O)C(C)C. The largest absolute Gasteiger partial charge is 0.466 e. The maximum absolute atomic E-state index is 12.2. The molecule has 0 bridgehead atoms. The van der Waals surface area contributed by atoms with Gasteiger partial charge in [-0.1, -0.05) is 27.7 Å². The van der Waals surface area contributed by atoms with E-state index in [9.17, 15) is 14.4 Å². The highest BCUT2D eigenvalue weighted by Crippen LogP contribution is 2.21. The van der Waals surface area contributed by atoms with Crippen molar-refractivity contribution in [3.05, 3.63) is 24.3 Å². The third-order valence-corrected chi connectivity index (χ3v) is 3.08. The molecule has 0 unspecified atom stereocenters. The third kappa shape index (κ3) is 4.44. The van der Waals surface area contributed by atoms with E-state index < -0.39 is 5.97 Å². The summed E-state index contributed by atoms with van der Waals surface area (Å²) in [6.07, 6.45) is 4.53. The Morgan fingerprint density at radius 1 is 1.05 bits per heavy atom. The first kappa shape index (κ1) is 17.9. The molecule has 6 heteroatoms. The Labute approximate surface area is 131 Å². The summed E-state index contributed by atoms with van der Waals surface area (Å²) in [4.78, 5) is 38.9. The van der Waals surface area contributed by atoms with Crippen molar-refractivity contribution in [2.75, 3.05) is 6.61 Å². The predicted molar refractivity (Wildman–Crippen MR) is 81.8 cm³/mol. The Hall–Kier alpha value is -2.11. The van der Waals surface area contributed by atoms with E-state index in [-0.39, 0.29) is 36.7 Å². The lowest BCUT2D eigenvalue weighted by Crippen LogP contribution is -2.36. The molecular formula is C16H24N2O4. The number of hydrogen-bond donors (Lipinski definition) is 0. The zero-order valence-corrected chi connectivity index (χ0v) is 13.8. The topological polar surface area (TPSA) is 66.9 Å². The van der Waals surface area contributed by atoms with Crippen LogP contribution < -0.4 is 0 Å². The molecule has 0 saturated heterocycles. The second-order valence-corrected chi connectivity index (χ2v) is 5.66. The van der Waals surface area contributed by atoms with Crippen LogP contribution in [0.15, 0.2) is 24.3 Å². The first-order chi connectivity index (χ1) is 10.3. The lowest BCUT2D eigenvalue weighted by molar-refractivity contribution is -0.143. The van der Waals surface area contributed by atoms with Crippen molar-refractivity contribution in [3.63, 3.8) is 0 Å². The minimum absolute atomic E-state index is 0.0570. The fraction of sp³-hybridized carbons (Fsp3) is 0.562. The molecule has 0 aromatic carbocycles. The summed E-state index contributed by atoms with van der Waals surface area (Å²) >= 11 is 0. The van der Waals surface area contributed by atoms with Gasteiger partial charge in [0.25, 0.3) is 0 Å². The van der Waals surface area contributed by atoms with Gasteiger partial charge >= 0.3 is 5.97 Å². The van der Waals surface area contributed by atoms with Crippen LogP contribution in [-0.4, -0.2) is 34.2 Å². The van der Waals surface area contributed by atoms with E-state index in [4.69, 9.17) is 4.74 Å². The van der Waals surface area contributed by atoms with E-state index in [1.165, 1.54) is 28.4 Å². The molecule has 0 fully saturated rings. The Bertz CT molecular complexity index is 506. The summed E-state index contributed by atoms with van der Waals surface area (Å²) in [6.45, 7) is 9.14. The Morgan fingerprint density at radius 3 is 2.14 bits per heavy atom. The van der Waals surface area contributed by atoms with Crippen LogP contribution in [0.1, 0.15) is 41.0 Å². The highest BCUT2D eigenvalue weighted by Gasteiger charge is 2.26. The molecule has 0 saturated carbocycles. The van der Waals surface area contributed by atoms with Crippen LogP contribution in [0, 0.1) is 11.8 Å². The second kappa shape index (κ2) is 7.77. The molecule has 1 aliphatic heterocycles. The first-order valence-electron chi connectivity index (χ1n) is 7.47. The zero-order valence-electron chi connectivity index (χ0n) is 13.8. The van der Waals surface area contributed by atoms with Crippen molar-refractivity contribution in [3.8, 4) is 0 Å². The predicted octanol–water partition coefficient (Wildman–Crippen LogP) is 2.24. The van der Waals surface area contributed by atoms with Crippen LogP contribution in [0.2, 0.25) is 0 Å². The van der Waals surface area contributed by atoms with E-state index in [0.29, 0.717) is 5.70 Å². The molecule has 0 N–H and O–H groups in total. The summed E-state index contributed by atoms with van der Waals surface area (Å²) in [7, 11) is 0. The maximum atomic E-state index is 12.2. The van der Waals surface area contributed by atoms with Crippen LogP contribution >= 0.6 is 0 Å². The van der Waals surface area contributed by atoms with Crippen LogP contribution in [0.4, 0.5) is 0 Å². The van der Waals surface area contributed by atoms with Gasteiger partial charge < -0.3 is 4.74 Å². The summed E-state index contributed by atoms with van der Waals surface area (Å²) < 4.78 is 4.93. The fourth-order valence-corrected chi connectivity index (χ4v) is 1.92. The van der Waals surface area contributed by atoms with E-state index in [2.05, 4.69) is 0 Å². The molecule has 22 heavy (non-hydrogen) atoms. The molecular weight excluding hydrogens is 284 g/mol. The number of ether oxygens (including phenoxy) is 1. The quantitative estimate of drug-likeness (QED) is 0.731. The van der Waals surface area contributed by atoms with Gasteiger partial charge in [-0.25, -0.2) is 0 Å². The van der Waals surface area contributed by atoms with Crippen LogP contribution in [0.5, 0.6) is 0 Å². The average molecular weight is 308 g/mol. The molecule has 2 amide bonds. The number of rotatable bonds is 5. The van der Waals surface area contributed by atoms with Gasteiger partial charge in [-0.3, -0.25) is 24.2 Å². The second-order valence-electron chi connectivity index (χ2n) is 5.66. The standard InChI is InChI=1S/C16H24N2O4/c1-6-22-14(19)9-13-10-17(15(20)11(2)3)7-8-18(13)16(21)12(4)5/h7-8,10-12H,6,9H2,1-5H3. The van der Waals surface area contributed by atoms with Gasteiger partial charge in [0.05, 0.1) is 18.7 Å². The first-order valence-corrected chi connectivity index (χ1v) is 7.47. The molecule has 0 aliphatic carbocycles. The van der Waals surface area contributed by atoms with E-state index in [1.54, 1.807) is 34.6 Å². The third-order valence-electron chi connectivity index (χ3n) is 3.08. The molecule has 1 rings (SSSR count). The monoisotopic (exact) mass is 308 g/mol. The number of carbonyl (C=O) groups is 3. The van der Waals surface area contributed by atoms with Gasteiger partial charge in [0.2, 0.25) is 11.8 Å². The molecule has 0 aromatic heterocycles. The molecule has 122 valence electrons. The fourth-order valence-electron chi connectivity index (χ4n) is 1.92. The van der Waals surface area contributed by atoms with Crippen LogP contribution in [0.3, 0.4) is 0 Å². The van der Waals surface area contributed by atoms with Crippen LogP contribution in [0.25, 0.3) is 0 Å². The highest BCUT2D eigenvalue weighted by atomic mass is 16.5. The van der Waals surface area contributed by atoms with Crippen molar-refractivity contribution in [1.82, 2.24) is 9.80 Å². The van der Waals surface area contributed by atoms with Crippen molar-refractivity contribution in [1.29, 1.82) is 0 Å². The van der Waals surface area contributed by atoms with Crippen molar-refractivity contribution in [2.45, 2.75) is 41.0 Å². The number of nitrogens with zero attached hydrogens (tertiary/aromatic N) is 2. The highest BCUT2D eigenvalue weighted by molar-refractivity contribution is 5.85. The van der Waals surface area contributed by atoms with Crippen molar-refractivity contribution in [2.24, 2.45) is 11.8 Å². The molecule has 0 atom stereocenters. The van der Waals surface area contributed by atoms with Crippen molar-refractivity contribution < 1.29 is 19.1 Å². The lowest BCUT2D eigenvalue weighted by atomic mass is 10.1. The summed E-state index contributed by atoms with van der Waals surface area (Å²) in [6, 6.07) is 0. The van der Waals surface area contributed by atoms with Crippen molar-refractivity contribution >= 4 is 17.8 Å². The van der Waals surface area contributed by atoms with E-state index >= 15 is 0 Å². The molecule has 0 radical (unpaired) electrons. The minimum Gasteiger partial charge on any atom is -0.466 e. The van der Waals surface area contributed by atoms with Gasteiger partial charge in [-0.15, -0.1) is 0 Å². The van der Waals surface area contributed by atoms with E-state index in [0.717, 1.165) is 0 Å². The van der Waals surface area contributed by atoms with Gasteiger partial charge in [-0.05, 0) is 6.92 Å². The Morgan fingerprint density at radius 2 is 1.64 bits per heavy atom.